The Morgan fingerprint density at radius 1 is 1.44 bits per heavy atom. The molecule has 1 aliphatic heterocycles. The molecule has 0 bridgehead atoms. The molecule has 98 valence electrons. The maximum atomic E-state index is 13.6. The fourth-order valence-corrected chi connectivity index (χ4v) is 2.08. The molecule has 1 aromatic carbocycles. The zero-order valence-electron chi connectivity index (χ0n) is 9.83. The highest BCUT2D eigenvalue weighted by molar-refractivity contribution is 5.95. The number of hydrogen-bond donors (Lipinski definition) is 2. The lowest BCUT2D eigenvalue weighted by molar-refractivity contribution is 0.0634. The second kappa shape index (κ2) is 5.41. The van der Waals surface area contributed by atoms with Crippen molar-refractivity contribution in [1.82, 2.24) is 10.2 Å². The van der Waals surface area contributed by atoms with Crippen LogP contribution in [-0.2, 0) is 0 Å². The molecule has 4 nitrogen and oxygen atoms in total. The molecule has 1 atom stereocenters. The van der Waals surface area contributed by atoms with Crippen LogP contribution in [0.25, 0.3) is 0 Å². The molecule has 6 heteroatoms. The van der Waals surface area contributed by atoms with E-state index >= 15 is 0 Å². The molecule has 1 unspecified atom stereocenters. The monoisotopic (exact) mass is 255 g/mol. The van der Waals surface area contributed by atoms with Gasteiger partial charge in [0.05, 0.1) is 6.04 Å². The molecule has 18 heavy (non-hydrogen) atoms. The van der Waals surface area contributed by atoms with E-state index in [0.717, 1.165) is 12.1 Å². The summed E-state index contributed by atoms with van der Waals surface area (Å²) in [6.45, 7) is 1.79. The number of piperazine rings is 1. The van der Waals surface area contributed by atoms with Gasteiger partial charge in [-0.3, -0.25) is 4.79 Å². The number of hydrogen-bond acceptors (Lipinski definition) is 3. The van der Waals surface area contributed by atoms with E-state index in [1.807, 2.05) is 0 Å². The van der Waals surface area contributed by atoms with E-state index in [4.69, 9.17) is 5.73 Å². The Hall–Kier alpha value is -1.53. The number of nitrogens with zero attached hydrogens (tertiary/aromatic N) is 1. The first kappa shape index (κ1) is 12.9. The molecule has 1 saturated heterocycles. The van der Waals surface area contributed by atoms with Crippen molar-refractivity contribution < 1.29 is 13.6 Å². The molecule has 0 aromatic heterocycles. The third-order valence-electron chi connectivity index (χ3n) is 3.06. The van der Waals surface area contributed by atoms with Crippen LogP contribution in [0.15, 0.2) is 18.2 Å². The van der Waals surface area contributed by atoms with Crippen LogP contribution in [0, 0.1) is 11.6 Å². The minimum Gasteiger partial charge on any atom is -0.332 e. The fraction of sp³-hybridized carbons (Fsp3) is 0.417. The molecule has 1 aliphatic rings. The van der Waals surface area contributed by atoms with Crippen molar-refractivity contribution >= 4 is 5.91 Å². The predicted octanol–water partition coefficient (Wildman–Crippen LogP) is 0.338. The first-order chi connectivity index (χ1) is 8.65. The summed E-state index contributed by atoms with van der Waals surface area (Å²) in [6, 6.07) is 3.16. The van der Waals surface area contributed by atoms with Crippen LogP contribution >= 0.6 is 0 Å². The quantitative estimate of drug-likeness (QED) is 0.801. The van der Waals surface area contributed by atoms with Gasteiger partial charge in [-0.25, -0.2) is 8.78 Å². The van der Waals surface area contributed by atoms with Gasteiger partial charge in [-0.2, -0.15) is 0 Å². The van der Waals surface area contributed by atoms with Gasteiger partial charge >= 0.3 is 0 Å². The fourth-order valence-electron chi connectivity index (χ4n) is 2.08. The van der Waals surface area contributed by atoms with Crippen molar-refractivity contribution in [2.75, 3.05) is 26.2 Å². The van der Waals surface area contributed by atoms with Gasteiger partial charge in [0.25, 0.3) is 5.91 Å². The first-order valence-electron chi connectivity index (χ1n) is 5.81. The SMILES string of the molecule is NCC1CNCCN1C(=O)c1c(F)cccc1F. The molecule has 1 heterocycles. The molecule has 1 amide bonds. The molecule has 0 saturated carbocycles. The zero-order chi connectivity index (χ0) is 13.1. The van der Waals surface area contributed by atoms with E-state index in [2.05, 4.69) is 5.32 Å². The summed E-state index contributed by atoms with van der Waals surface area (Å²) >= 11 is 0. The van der Waals surface area contributed by atoms with Crippen LogP contribution in [0.1, 0.15) is 10.4 Å². The molecular weight excluding hydrogens is 240 g/mol. The highest BCUT2D eigenvalue weighted by Gasteiger charge is 2.29. The van der Waals surface area contributed by atoms with Gasteiger partial charge in [-0.15, -0.1) is 0 Å². The topological polar surface area (TPSA) is 58.4 Å². The Bertz CT molecular complexity index is 433. The second-order valence-corrected chi connectivity index (χ2v) is 4.19. The van der Waals surface area contributed by atoms with Crippen LogP contribution in [0.2, 0.25) is 0 Å². The minimum absolute atomic E-state index is 0.231. The Morgan fingerprint density at radius 2 is 2.11 bits per heavy atom. The Morgan fingerprint density at radius 3 is 2.72 bits per heavy atom. The lowest BCUT2D eigenvalue weighted by Gasteiger charge is -2.35. The van der Waals surface area contributed by atoms with E-state index in [1.165, 1.54) is 11.0 Å². The molecular formula is C12H15F2N3O. The number of rotatable bonds is 2. The molecule has 0 radical (unpaired) electrons. The normalized spacial score (nSPS) is 19.9. The lowest BCUT2D eigenvalue weighted by Crippen LogP contribution is -2.56. The first-order valence-corrected chi connectivity index (χ1v) is 5.81. The van der Waals surface area contributed by atoms with Gasteiger partial charge in [0, 0.05) is 26.2 Å². The summed E-state index contributed by atoms with van der Waals surface area (Å²) in [5.41, 5.74) is 5.06. The van der Waals surface area contributed by atoms with Crippen LogP contribution in [0.3, 0.4) is 0 Å². The van der Waals surface area contributed by atoms with Crippen LogP contribution in [0.5, 0.6) is 0 Å². The van der Waals surface area contributed by atoms with Crippen molar-refractivity contribution in [2.24, 2.45) is 5.73 Å². The molecule has 1 aromatic rings. The van der Waals surface area contributed by atoms with Gasteiger partial charge in [-0.05, 0) is 12.1 Å². The highest BCUT2D eigenvalue weighted by Crippen LogP contribution is 2.16. The van der Waals surface area contributed by atoms with Crippen molar-refractivity contribution in [3.8, 4) is 0 Å². The second-order valence-electron chi connectivity index (χ2n) is 4.19. The summed E-state index contributed by atoms with van der Waals surface area (Å²) in [4.78, 5) is 13.6. The summed E-state index contributed by atoms with van der Waals surface area (Å²) in [5.74, 6) is -2.31. The van der Waals surface area contributed by atoms with E-state index in [-0.39, 0.29) is 12.6 Å². The summed E-state index contributed by atoms with van der Waals surface area (Å²) in [7, 11) is 0. The number of carbonyl (C=O) groups is 1. The standard InChI is InChI=1S/C12H15F2N3O/c13-9-2-1-3-10(14)11(9)12(18)17-5-4-16-7-8(17)6-15/h1-3,8,16H,4-7,15H2. The maximum Gasteiger partial charge on any atom is 0.260 e. The van der Waals surface area contributed by atoms with Crippen LogP contribution in [0.4, 0.5) is 8.78 Å². The van der Waals surface area contributed by atoms with E-state index in [0.29, 0.717) is 19.6 Å². The maximum absolute atomic E-state index is 13.6. The highest BCUT2D eigenvalue weighted by atomic mass is 19.1. The van der Waals surface area contributed by atoms with Gasteiger partial charge in [0.2, 0.25) is 0 Å². The number of nitrogens with two attached hydrogens (primary N) is 1. The summed E-state index contributed by atoms with van der Waals surface area (Å²) in [6.07, 6.45) is 0. The van der Waals surface area contributed by atoms with Crippen molar-refractivity contribution in [3.05, 3.63) is 35.4 Å². The van der Waals surface area contributed by atoms with Gasteiger partial charge in [-0.1, -0.05) is 6.07 Å². The van der Waals surface area contributed by atoms with Crippen molar-refractivity contribution in [1.29, 1.82) is 0 Å². The third kappa shape index (κ3) is 2.34. The van der Waals surface area contributed by atoms with Crippen molar-refractivity contribution in [3.63, 3.8) is 0 Å². The zero-order valence-corrected chi connectivity index (χ0v) is 9.83. The summed E-state index contributed by atoms with van der Waals surface area (Å²) < 4.78 is 27.1. The average molecular weight is 255 g/mol. The lowest BCUT2D eigenvalue weighted by atomic mass is 10.1. The predicted molar refractivity (Wildman–Crippen MR) is 63.1 cm³/mol. The molecule has 0 aliphatic carbocycles. The number of benzene rings is 1. The van der Waals surface area contributed by atoms with Gasteiger partial charge < -0.3 is 16.0 Å². The van der Waals surface area contributed by atoms with Crippen LogP contribution in [-0.4, -0.2) is 43.0 Å². The van der Waals surface area contributed by atoms with Gasteiger partial charge in [0.1, 0.15) is 17.2 Å². The van der Waals surface area contributed by atoms with E-state index in [1.54, 1.807) is 0 Å². The van der Waals surface area contributed by atoms with Crippen molar-refractivity contribution in [2.45, 2.75) is 6.04 Å². The van der Waals surface area contributed by atoms with E-state index in [9.17, 15) is 13.6 Å². The smallest absolute Gasteiger partial charge is 0.260 e. The average Bonchev–Trinajstić information content (AvgIpc) is 2.38. The molecule has 0 spiro atoms. The molecule has 2 rings (SSSR count). The third-order valence-corrected chi connectivity index (χ3v) is 3.06. The Labute approximate surface area is 104 Å². The van der Waals surface area contributed by atoms with E-state index < -0.39 is 23.1 Å². The number of halogens is 2. The molecule has 1 fully saturated rings. The summed E-state index contributed by atoms with van der Waals surface area (Å²) in [5, 5.41) is 3.09. The Kier molecular flexibility index (Phi) is 3.88. The number of amides is 1. The van der Waals surface area contributed by atoms with Gasteiger partial charge in [0.15, 0.2) is 0 Å². The molecule has 3 N–H and O–H groups in total. The Balaban J connectivity index is 2.30. The minimum atomic E-state index is -0.839. The number of nitrogens with one attached hydrogen (secondary N) is 1. The van der Waals surface area contributed by atoms with Crippen LogP contribution < -0.4 is 11.1 Å². The largest absolute Gasteiger partial charge is 0.332 e. The number of carbonyl (C=O) groups excluding carboxylic acids is 1.